The van der Waals surface area contributed by atoms with Crippen LogP contribution in [0.4, 0.5) is 5.82 Å². The highest BCUT2D eigenvalue weighted by atomic mass is 32.2. The Morgan fingerprint density at radius 1 is 1.52 bits per heavy atom. The minimum atomic E-state index is -0.325. The fourth-order valence-corrected chi connectivity index (χ4v) is 3.77. The maximum atomic E-state index is 12.1. The van der Waals surface area contributed by atoms with E-state index in [4.69, 9.17) is 10.5 Å². The number of nitrogens with zero attached hydrogens (tertiary/aromatic N) is 1. The van der Waals surface area contributed by atoms with E-state index < -0.39 is 0 Å². The Labute approximate surface area is 140 Å². The van der Waals surface area contributed by atoms with Crippen LogP contribution in [0.5, 0.6) is 0 Å². The molecule has 0 unspecified atom stereocenters. The number of aromatic amines is 1. The number of aromatic nitrogens is 2. The molecule has 0 saturated heterocycles. The monoisotopic (exact) mass is 339 g/mol. The van der Waals surface area contributed by atoms with Crippen molar-refractivity contribution in [3.05, 3.63) is 16.4 Å². The molecule has 2 rings (SSSR count). The number of anilines is 1. The molecular formula is C16H25N3O3S. The molecule has 0 radical (unpaired) electrons. The van der Waals surface area contributed by atoms with Gasteiger partial charge < -0.3 is 15.5 Å². The van der Waals surface area contributed by atoms with E-state index in [2.05, 4.69) is 30.7 Å². The van der Waals surface area contributed by atoms with Crippen LogP contribution in [-0.2, 0) is 9.53 Å². The molecular weight excluding hydrogens is 314 g/mol. The number of ether oxygens (including phenoxy) is 1. The molecule has 1 saturated carbocycles. The number of H-pyrrole nitrogens is 1. The van der Waals surface area contributed by atoms with E-state index in [1.54, 1.807) is 0 Å². The number of rotatable bonds is 5. The second-order valence-corrected chi connectivity index (χ2v) is 7.58. The van der Waals surface area contributed by atoms with Crippen LogP contribution in [0, 0.1) is 17.8 Å². The van der Waals surface area contributed by atoms with Gasteiger partial charge in [0.15, 0.2) is 5.16 Å². The van der Waals surface area contributed by atoms with Crippen LogP contribution >= 0.6 is 11.8 Å². The topological polar surface area (TPSA) is 98.1 Å². The van der Waals surface area contributed by atoms with Crippen LogP contribution in [0.25, 0.3) is 0 Å². The predicted octanol–water partition coefficient (Wildman–Crippen LogP) is 2.45. The summed E-state index contributed by atoms with van der Waals surface area (Å²) < 4.78 is 5.71. The number of nitrogens with two attached hydrogens (primary N) is 1. The second-order valence-electron chi connectivity index (χ2n) is 6.62. The Bertz CT molecular complexity index is 602. The Kier molecular flexibility index (Phi) is 6.10. The van der Waals surface area contributed by atoms with E-state index >= 15 is 0 Å². The van der Waals surface area contributed by atoms with E-state index in [9.17, 15) is 9.59 Å². The van der Waals surface area contributed by atoms with Crippen LogP contribution in [0.1, 0.15) is 40.0 Å². The highest BCUT2D eigenvalue weighted by molar-refractivity contribution is 7.99. The molecule has 0 aromatic carbocycles. The van der Waals surface area contributed by atoms with Crippen molar-refractivity contribution in [2.75, 3.05) is 11.5 Å². The SMILES string of the molecule is CC(C)[C@@H]1CC[C@H](C)C[C@H]1OC(=O)CSc1nc(N)cc(=O)[nH]1. The van der Waals surface area contributed by atoms with E-state index in [0.29, 0.717) is 22.9 Å². The van der Waals surface area contributed by atoms with Crippen LogP contribution in [0.15, 0.2) is 16.0 Å². The van der Waals surface area contributed by atoms with Crippen molar-refractivity contribution >= 4 is 23.5 Å². The van der Waals surface area contributed by atoms with Crippen molar-refractivity contribution < 1.29 is 9.53 Å². The molecule has 0 bridgehead atoms. The van der Waals surface area contributed by atoms with E-state index in [1.807, 2.05) is 0 Å². The summed E-state index contributed by atoms with van der Waals surface area (Å²) in [6.07, 6.45) is 3.21. The smallest absolute Gasteiger partial charge is 0.316 e. The van der Waals surface area contributed by atoms with Gasteiger partial charge in [0.05, 0.1) is 5.75 Å². The molecule has 3 N–H and O–H groups in total. The third kappa shape index (κ3) is 5.27. The summed E-state index contributed by atoms with van der Waals surface area (Å²) >= 11 is 1.13. The minimum absolute atomic E-state index is 0.0142. The summed E-state index contributed by atoms with van der Waals surface area (Å²) in [6, 6.07) is 1.21. The highest BCUT2D eigenvalue weighted by Gasteiger charge is 2.33. The molecule has 0 spiro atoms. The summed E-state index contributed by atoms with van der Waals surface area (Å²) in [4.78, 5) is 30.0. The first-order valence-electron chi connectivity index (χ1n) is 8.04. The van der Waals surface area contributed by atoms with Gasteiger partial charge in [0, 0.05) is 6.07 Å². The van der Waals surface area contributed by atoms with Crippen LogP contribution in [0.3, 0.4) is 0 Å². The molecule has 6 nitrogen and oxygen atoms in total. The Morgan fingerprint density at radius 2 is 2.26 bits per heavy atom. The van der Waals surface area contributed by atoms with Gasteiger partial charge in [-0.05, 0) is 30.6 Å². The molecule has 23 heavy (non-hydrogen) atoms. The highest BCUT2D eigenvalue weighted by Crippen LogP contribution is 2.35. The Balaban J connectivity index is 1.91. The van der Waals surface area contributed by atoms with Crippen molar-refractivity contribution in [1.29, 1.82) is 0 Å². The lowest BCUT2D eigenvalue weighted by Gasteiger charge is -2.36. The number of hydrogen-bond acceptors (Lipinski definition) is 6. The Hall–Kier alpha value is -1.50. The molecule has 3 atom stereocenters. The van der Waals surface area contributed by atoms with Crippen LogP contribution in [0.2, 0.25) is 0 Å². The van der Waals surface area contributed by atoms with E-state index in [1.165, 1.54) is 12.5 Å². The first-order chi connectivity index (χ1) is 10.8. The van der Waals surface area contributed by atoms with Gasteiger partial charge in [0.2, 0.25) is 0 Å². The van der Waals surface area contributed by atoms with Crippen molar-refractivity contribution in [2.24, 2.45) is 17.8 Å². The minimum Gasteiger partial charge on any atom is -0.461 e. The van der Waals surface area contributed by atoms with Crippen molar-refractivity contribution in [3.63, 3.8) is 0 Å². The summed E-state index contributed by atoms with van der Waals surface area (Å²) in [6.45, 7) is 6.56. The fraction of sp³-hybridized carbons (Fsp3) is 0.688. The van der Waals surface area contributed by atoms with Gasteiger partial charge in [-0.1, -0.05) is 39.0 Å². The largest absolute Gasteiger partial charge is 0.461 e. The van der Waals surface area contributed by atoms with E-state index in [0.717, 1.165) is 24.6 Å². The summed E-state index contributed by atoms with van der Waals surface area (Å²) in [7, 11) is 0. The zero-order chi connectivity index (χ0) is 17.0. The number of esters is 1. The number of nitrogen functional groups attached to an aromatic ring is 1. The normalized spacial score (nSPS) is 24.6. The third-order valence-corrected chi connectivity index (χ3v) is 5.16. The maximum Gasteiger partial charge on any atom is 0.316 e. The summed E-state index contributed by atoms with van der Waals surface area (Å²) in [5.41, 5.74) is 5.20. The lowest BCUT2D eigenvalue weighted by Crippen LogP contribution is -2.36. The molecule has 128 valence electrons. The first-order valence-corrected chi connectivity index (χ1v) is 9.02. The zero-order valence-corrected chi connectivity index (χ0v) is 14.7. The van der Waals surface area contributed by atoms with E-state index in [-0.39, 0.29) is 29.2 Å². The quantitative estimate of drug-likeness (QED) is 0.486. The lowest BCUT2D eigenvalue weighted by atomic mass is 9.75. The van der Waals surface area contributed by atoms with Crippen molar-refractivity contribution in [3.8, 4) is 0 Å². The first kappa shape index (κ1) is 17.8. The third-order valence-electron chi connectivity index (χ3n) is 4.31. The molecule has 1 aliphatic carbocycles. The van der Waals surface area contributed by atoms with Crippen molar-refractivity contribution in [2.45, 2.75) is 51.3 Å². The molecule has 7 heteroatoms. The molecule has 1 heterocycles. The summed E-state index contributed by atoms with van der Waals surface area (Å²) in [5, 5.41) is 0.337. The molecule has 0 aliphatic heterocycles. The number of hydrogen-bond donors (Lipinski definition) is 2. The van der Waals surface area contributed by atoms with Crippen LogP contribution in [-0.4, -0.2) is 27.8 Å². The van der Waals surface area contributed by atoms with Crippen LogP contribution < -0.4 is 11.3 Å². The fourth-order valence-electron chi connectivity index (χ4n) is 3.10. The summed E-state index contributed by atoms with van der Waals surface area (Å²) in [5.74, 6) is 1.49. The number of carbonyl (C=O) groups is 1. The lowest BCUT2D eigenvalue weighted by molar-refractivity contribution is -0.152. The van der Waals surface area contributed by atoms with Gasteiger partial charge >= 0.3 is 5.97 Å². The molecule has 0 amide bonds. The van der Waals surface area contributed by atoms with Crippen molar-refractivity contribution in [1.82, 2.24) is 9.97 Å². The molecule has 1 aromatic heterocycles. The van der Waals surface area contributed by atoms with Gasteiger partial charge in [-0.3, -0.25) is 9.59 Å². The van der Waals surface area contributed by atoms with Gasteiger partial charge in [-0.25, -0.2) is 4.98 Å². The average Bonchev–Trinajstić information content (AvgIpc) is 2.44. The predicted molar refractivity (Wildman–Crippen MR) is 91.2 cm³/mol. The zero-order valence-electron chi connectivity index (χ0n) is 13.9. The molecule has 1 aliphatic rings. The number of nitrogens with one attached hydrogen (secondary N) is 1. The molecule has 1 fully saturated rings. The second kappa shape index (κ2) is 7.86. The van der Waals surface area contributed by atoms with Gasteiger partial charge in [0.25, 0.3) is 5.56 Å². The standard InChI is InChI=1S/C16H25N3O3S/c1-9(2)11-5-4-10(3)6-12(11)22-15(21)8-23-16-18-13(17)7-14(20)19-16/h7,9-12H,4-6,8H2,1-3H3,(H3,17,18,19,20)/t10-,11-,12+/m0/s1. The van der Waals surface area contributed by atoms with Gasteiger partial charge in [-0.15, -0.1) is 0 Å². The number of thioether (sulfide) groups is 1. The maximum absolute atomic E-state index is 12.1. The van der Waals surface area contributed by atoms with Gasteiger partial charge in [0.1, 0.15) is 11.9 Å². The number of carbonyl (C=O) groups excluding carboxylic acids is 1. The van der Waals surface area contributed by atoms with Gasteiger partial charge in [-0.2, -0.15) is 0 Å². The molecule has 1 aromatic rings. The average molecular weight is 339 g/mol. The Morgan fingerprint density at radius 3 is 2.91 bits per heavy atom.